The molecule has 8 heteroatoms. The Kier molecular flexibility index (Phi) is 6.64. The molecule has 30 heavy (non-hydrogen) atoms. The second-order valence-electron chi connectivity index (χ2n) is 7.20. The average Bonchev–Trinajstić information content (AvgIpc) is 3.16. The predicted octanol–water partition coefficient (Wildman–Crippen LogP) is 4.74. The molecule has 0 aliphatic carbocycles. The first-order valence-electron chi connectivity index (χ1n) is 9.75. The second-order valence-corrected chi connectivity index (χ2v) is 7.20. The van der Waals surface area contributed by atoms with Crippen LogP contribution < -0.4 is 5.32 Å². The van der Waals surface area contributed by atoms with Gasteiger partial charge in [0.1, 0.15) is 0 Å². The third-order valence-corrected chi connectivity index (χ3v) is 4.88. The van der Waals surface area contributed by atoms with E-state index in [9.17, 15) is 18.0 Å². The first-order valence-corrected chi connectivity index (χ1v) is 9.75. The zero-order chi connectivity index (χ0) is 21.7. The van der Waals surface area contributed by atoms with Gasteiger partial charge in [-0.2, -0.15) is 13.2 Å². The van der Waals surface area contributed by atoms with Crippen molar-refractivity contribution in [2.75, 3.05) is 13.1 Å². The number of hydrogen-bond donors (Lipinski definition) is 1. The molecule has 0 fully saturated rings. The molecule has 1 heterocycles. The van der Waals surface area contributed by atoms with Crippen LogP contribution in [-0.4, -0.2) is 35.8 Å². The number of oxime groups is 1. The zero-order valence-electron chi connectivity index (χ0n) is 16.9. The molecule has 0 saturated carbocycles. The van der Waals surface area contributed by atoms with Crippen LogP contribution in [0.2, 0.25) is 0 Å². The van der Waals surface area contributed by atoms with Crippen LogP contribution in [0, 0.1) is 6.92 Å². The Hall–Kier alpha value is -3.03. The van der Waals surface area contributed by atoms with E-state index in [0.29, 0.717) is 18.5 Å². The van der Waals surface area contributed by atoms with E-state index in [4.69, 9.17) is 4.84 Å². The number of benzene rings is 2. The van der Waals surface area contributed by atoms with Gasteiger partial charge in [0, 0.05) is 25.1 Å². The zero-order valence-corrected chi connectivity index (χ0v) is 16.9. The molecule has 1 aliphatic rings. The van der Waals surface area contributed by atoms with Gasteiger partial charge in [-0.15, -0.1) is 0 Å². The fourth-order valence-corrected chi connectivity index (χ4v) is 3.33. The van der Waals surface area contributed by atoms with Crippen molar-refractivity contribution in [1.29, 1.82) is 0 Å². The lowest BCUT2D eigenvalue weighted by Gasteiger charge is -2.25. The Morgan fingerprint density at radius 2 is 1.90 bits per heavy atom. The van der Waals surface area contributed by atoms with Crippen LogP contribution in [0.25, 0.3) is 0 Å². The fourth-order valence-electron chi connectivity index (χ4n) is 3.33. The van der Waals surface area contributed by atoms with Gasteiger partial charge in [0.05, 0.1) is 17.8 Å². The molecule has 2 aromatic rings. The van der Waals surface area contributed by atoms with Crippen molar-refractivity contribution in [3.63, 3.8) is 0 Å². The molecule has 5 nitrogen and oxygen atoms in total. The van der Waals surface area contributed by atoms with Crippen LogP contribution in [0.5, 0.6) is 0 Å². The van der Waals surface area contributed by atoms with Crippen molar-refractivity contribution in [3.05, 3.63) is 70.8 Å². The lowest BCUT2D eigenvalue weighted by Crippen LogP contribution is -2.43. The fraction of sp³-hybridized carbons (Fsp3) is 0.364. The summed E-state index contributed by atoms with van der Waals surface area (Å²) in [6, 6.07) is 12.4. The summed E-state index contributed by atoms with van der Waals surface area (Å²) in [4.78, 5) is 19.6. The van der Waals surface area contributed by atoms with E-state index in [-0.39, 0.29) is 25.2 Å². The highest BCUT2D eigenvalue weighted by atomic mass is 19.4. The maximum atomic E-state index is 12.8. The maximum absolute atomic E-state index is 12.8. The van der Waals surface area contributed by atoms with Gasteiger partial charge in [0.25, 0.3) is 0 Å². The number of rotatable bonds is 6. The van der Waals surface area contributed by atoms with E-state index in [1.807, 2.05) is 31.2 Å². The Morgan fingerprint density at radius 3 is 2.53 bits per heavy atom. The van der Waals surface area contributed by atoms with Crippen LogP contribution in [-0.2, 0) is 17.6 Å². The lowest BCUT2D eigenvalue weighted by molar-refractivity contribution is -0.137. The summed E-state index contributed by atoms with van der Waals surface area (Å²) in [6.45, 7) is 4.69. The minimum atomic E-state index is -4.39. The Balaban J connectivity index is 1.68. The molecule has 2 amide bonds. The highest BCUT2D eigenvalue weighted by Crippen LogP contribution is 2.29. The molecule has 0 saturated heterocycles. The van der Waals surface area contributed by atoms with Crippen LogP contribution >= 0.6 is 0 Å². The third kappa shape index (κ3) is 5.31. The predicted molar refractivity (Wildman–Crippen MR) is 108 cm³/mol. The van der Waals surface area contributed by atoms with E-state index in [1.54, 1.807) is 6.92 Å². The minimum absolute atomic E-state index is 0.170. The number of carbonyl (C=O) groups is 1. The topological polar surface area (TPSA) is 53.9 Å². The first kappa shape index (κ1) is 21.7. The van der Waals surface area contributed by atoms with Gasteiger partial charge in [-0.25, -0.2) is 4.79 Å². The smallest absolute Gasteiger partial charge is 0.390 e. The van der Waals surface area contributed by atoms with Crippen molar-refractivity contribution in [1.82, 2.24) is 10.2 Å². The number of hydrogen-bond acceptors (Lipinski definition) is 3. The maximum Gasteiger partial charge on any atom is 0.416 e. The second kappa shape index (κ2) is 9.19. The Labute approximate surface area is 173 Å². The SMILES string of the molecule is CCNC(=O)N(Cc1ccc(C(F)(F)F)cc1)CC1CC(c2ccccc2C)=NO1. The van der Waals surface area contributed by atoms with Crippen molar-refractivity contribution in [2.45, 2.75) is 39.1 Å². The number of urea groups is 1. The van der Waals surface area contributed by atoms with Crippen molar-refractivity contribution in [2.24, 2.45) is 5.16 Å². The van der Waals surface area contributed by atoms with Gasteiger partial charge >= 0.3 is 12.2 Å². The molecule has 3 rings (SSSR count). The van der Waals surface area contributed by atoms with Crippen LogP contribution in [0.3, 0.4) is 0 Å². The molecule has 0 bridgehead atoms. The Bertz CT molecular complexity index is 911. The summed E-state index contributed by atoms with van der Waals surface area (Å²) in [5, 5.41) is 6.93. The molecule has 160 valence electrons. The van der Waals surface area contributed by atoms with Crippen molar-refractivity contribution >= 4 is 11.7 Å². The van der Waals surface area contributed by atoms with Gasteiger partial charge in [0.2, 0.25) is 0 Å². The molecule has 1 aliphatic heterocycles. The summed E-state index contributed by atoms with van der Waals surface area (Å²) in [7, 11) is 0. The van der Waals surface area contributed by atoms with Gasteiger partial charge in [-0.3, -0.25) is 0 Å². The van der Waals surface area contributed by atoms with Crippen molar-refractivity contribution < 1.29 is 22.8 Å². The van der Waals surface area contributed by atoms with Crippen LogP contribution in [0.15, 0.2) is 53.7 Å². The summed E-state index contributed by atoms with van der Waals surface area (Å²) in [5.74, 6) is 0. The number of amides is 2. The number of aryl methyl sites for hydroxylation is 1. The monoisotopic (exact) mass is 419 g/mol. The first-order chi connectivity index (χ1) is 14.3. The number of carbonyl (C=O) groups excluding carboxylic acids is 1. The standard InChI is InChI=1S/C22H24F3N3O2/c1-3-26-21(29)28(13-16-8-10-17(11-9-16)22(23,24)25)14-18-12-20(27-30-18)19-7-5-4-6-15(19)2/h4-11,18H,3,12-14H2,1-2H3,(H,26,29). The summed E-state index contributed by atoms with van der Waals surface area (Å²) < 4.78 is 38.3. The molecule has 0 spiro atoms. The van der Waals surface area contributed by atoms with E-state index >= 15 is 0 Å². The molecule has 0 radical (unpaired) electrons. The van der Waals surface area contributed by atoms with E-state index in [2.05, 4.69) is 10.5 Å². The number of alkyl halides is 3. The molecule has 2 aromatic carbocycles. The van der Waals surface area contributed by atoms with Crippen molar-refractivity contribution in [3.8, 4) is 0 Å². The summed E-state index contributed by atoms with van der Waals surface area (Å²) in [5.41, 5.74) is 2.81. The molecule has 1 unspecified atom stereocenters. The number of halogens is 3. The lowest BCUT2D eigenvalue weighted by atomic mass is 10.0. The quantitative estimate of drug-likeness (QED) is 0.736. The van der Waals surface area contributed by atoms with Gasteiger partial charge in [0.15, 0.2) is 6.10 Å². The van der Waals surface area contributed by atoms with E-state index in [0.717, 1.165) is 29.0 Å². The highest BCUT2D eigenvalue weighted by molar-refractivity contribution is 6.02. The normalized spacial score (nSPS) is 16.0. The molecular formula is C22H24F3N3O2. The van der Waals surface area contributed by atoms with Crippen LogP contribution in [0.4, 0.5) is 18.0 Å². The van der Waals surface area contributed by atoms with Crippen LogP contribution in [0.1, 0.15) is 35.6 Å². The average molecular weight is 419 g/mol. The molecule has 0 aromatic heterocycles. The van der Waals surface area contributed by atoms with Gasteiger partial charge in [-0.1, -0.05) is 41.6 Å². The summed E-state index contributed by atoms with van der Waals surface area (Å²) in [6.07, 6.45) is -4.16. The van der Waals surface area contributed by atoms with E-state index < -0.39 is 11.7 Å². The summed E-state index contributed by atoms with van der Waals surface area (Å²) >= 11 is 0. The number of nitrogens with one attached hydrogen (secondary N) is 1. The highest BCUT2D eigenvalue weighted by Gasteiger charge is 2.30. The Morgan fingerprint density at radius 1 is 1.20 bits per heavy atom. The largest absolute Gasteiger partial charge is 0.416 e. The van der Waals surface area contributed by atoms with Gasteiger partial charge < -0.3 is 15.1 Å². The minimum Gasteiger partial charge on any atom is -0.390 e. The van der Waals surface area contributed by atoms with Gasteiger partial charge in [-0.05, 0) is 37.1 Å². The molecular weight excluding hydrogens is 395 g/mol. The number of nitrogens with zero attached hydrogens (tertiary/aromatic N) is 2. The molecule has 1 atom stereocenters. The molecule has 1 N–H and O–H groups in total. The third-order valence-electron chi connectivity index (χ3n) is 4.88. The van der Waals surface area contributed by atoms with E-state index in [1.165, 1.54) is 17.0 Å².